The van der Waals surface area contributed by atoms with Crippen LogP contribution in [0.25, 0.3) is 55.5 Å². The van der Waals surface area contributed by atoms with E-state index in [4.69, 9.17) is 4.42 Å². The highest BCUT2D eigenvalue weighted by Gasteiger charge is 2.47. The molecular formula is C61H55BN2O. The summed E-state index contributed by atoms with van der Waals surface area (Å²) < 4.78 is 6.62. The highest BCUT2D eigenvalue weighted by atomic mass is 16.3. The van der Waals surface area contributed by atoms with Gasteiger partial charge in [-0.25, -0.2) is 0 Å². The lowest BCUT2D eigenvalue weighted by Crippen LogP contribution is -2.61. The Hall–Kier alpha value is -7.04. The lowest BCUT2D eigenvalue weighted by Gasteiger charge is -2.46. The molecule has 0 aliphatic carbocycles. The van der Waals surface area contributed by atoms with Crippen molar-refractivity contribution < 1.29 is 4.42 Å². The average Bonchev–Trinajstić information content (AvgIpc) is 3.77. The normalized spacial score (nSPS) is 13.2. The van der Waals surface area contributed by atoms with Crippen molar-refractivity contribution in [2.75, 3.05) is 9.71 Å². The zero-order valence-electron chi connectivity index (χ0n) is 39.0. The molecule has 0 bridgehead atoms. The fourth-order valence-corrected chi connectivity index (χ4v) is 10.7. The maximum absolute atomic E-state index is 6.62. The Morgan fingerprint density at radius 3 is 1.69 bits per heavy atom. The summed E-state index contributed by atoms with van der Waals surface area (Å²) >= 11 is 0. The van der Waals surface area contributed by atoms with Crippen molar-refractivity contribution in [2.24, 2.45) is 0 Å². The Kier molecular flexibility index (Phi) is 9.41. The van der Waals surface area contributed by atoms with Crippen LogP contribution in [0.1, 0.15) is 69.4 Å². The molecule has 0 radical (unpaired) electrons. The maximum atomic E-state index is 6.62. The summed E-state index contributed by atoms with van der Waals surface area (Å²) in [7, 11) is 0. The first-order valence-corrected chi connectivity index (χ1v) is 23.1. The number of anilines is 5. The van der Waals surface area contributed by atoms with Gasteiger partial charge in [0.15, 0.2) is 0 Å². The van der Waals surface area contributed by atoms with Gasteiger partial charge in [-0.05, 0) is 159 Å². The molecule has 0 N–H and O–H groups in total. The molecule has 2 aliphatic rings. The van der Waals surface area contributed by atoms with Crippen LogP contribution in [0.3, 0.4) is 0 Å². The zero-order valence-corrected chi connectivity index (χ0v) is 39.0. The quantitative estimate of drug-likeness (QED) is 0.161. The second-order valence-electron chi connectivity index (χ2n) is 20.5. The van der Waals surface area contributed by atoms with Gasteiger partial charge in [-0.15, -0.1) is 0 Å². The standard InChI is InChI=1S/C61H55BN2O/c1-38-30-39(2)56(40(3)31-38)43-20-26-52-54(35-43)63(50-33-45(41-16-12-10-13-17-41)32-46(34-50)42-18-14-11-15-19-42)55-36-44-28-29-65-59(44)57-51-37-48(61(7,8)9)23-27-53(51)64(62(52)58(55)57)49-24-21-47(22-25-49)60(4,5)6/h10-37H,1-9H3. The SMILES string of the molecule is Cc1cc(C)c(-c2ccc3c(c2)N(c2cc(-c4ccccc4)cc(-c4ccccc4)c2)c2cc4ccoc4c4c2B3N(c2ccc(C(C)(C)C)cc2)c2ccc(C(C)(C)C)cc2-4)c(C)c1. The Morgan fingerprint density at radius 1 is 0.462 bits per heavy atom. The fourth-order valence-electron chi connectivity index (χ4n) is 10.7. The molecule has 11 rings (SSSR count). The zero-order chi connectivity index (χ0) is 44.9. The van der Waals surface area contributed by atoms with E-state index in [0.717, 1.165) is 28.0 Å². The molecule has 0 atom stereocenters. The molecular weight excluding hydrogens is 787 g/mol. The summed E-state index contributed by atoms with van der Waals surface area (Å²) in [5.74, 6) is 0. The second-order valence-corrected chi connectivity index (χ2v) is 20.5. The van der Waals surface area contributed by atoms with E-state index in [9.17, 15) is 0 Å². The van der Waals surface area contributed by atoms with Gasteiger partial charge in [0.05, 0.1) is 6.26 Å². The van der Waals surface area contributed by atoms with Crippen molar-refractivity contribution >= 4 is 57.2 Å². The summed E-state index contributed by atoms with van der Waals surface area (Å²) in [4.78, 5) is 5.18. The van der Waals surface area contributed by atoms with Crippen LogP contribution in [0.4, 0.5) is 28.4 Å². The van der Waals surface area contributed by atoms with Crippen LogP contribution in [0.5, 0.6) is 0 Å². The average molecular weight is 843 g/mol. The number of fused-ring (bicyclic) bond motifs is 6. The van der Waals surface area contributed by atoms with Crippen molar-refractivity contribution in [3.05, 3.63) is 198 Å². The Bertz CT molecular complexity index is 3230. The molecule has 0 amide bonds. The lowest BCUT2D eigenvalue weighted by atomic mass is 9.43. The molecule has 0 saturated carbocycles. The predicted octanol–water partition coefficient (Wildman–Crippen LogP) is 15.7. The third-order valence-electron chi connectivity index (χ3n) is 13.9. The van der Waals surface area contributed by atoms with Gasteiger partial charge in [0.2, 0.25) is 0 Å². The van der Waals surface area contributed by atoms with Gasteiger partial charge < -0.3 is 14.1 Å². The molecule has 318 valence electrons. The van der Waals surface area contributed by atoms with Crippen LogP contribution < -0.4 is 20.6 Å². The largest absolute Gasteiger partial charge is 0.464 e. The van der Waals surface area contributed by atoms with Crippen LogP contribution in [0.15, 0.2) is 174 Å². The second kappa shape index (κ2) is 15.0. The highest BCUT2D eigenvalue weighted by Crippen LogP contribution is 2.51. The minimum absolute atomic E-state index is 0.0259. The van der Waals surface area contributed by atoms with Crippen LogP contribution in [0.2, 0.25) is 0 Å². The van der Waals surface area contributed by atoms with E-state index >= 15 is 0 Å². The van der Waals surface area contributed by atoms with Gasteiger partial charge in [-0.3, -0.25) is 0 Å². The Balaban J connectivity index is 1.27. The van der Waals surface area contributed by atoms with Gasteiger partial charge in [0.1, 0.15) is 5.58 Å². The van der Waals surface area contributed by atoms with Gasteiger partial charge in [0.25, 0.3) is 0 Å². The molecule has 8 aromatic carbocycles. The van der Waals surface area contributed by atoms with Crippen molar-refractivity contribution in [1.82, 2.24) is 0 Å². The Labute approximate surface area is 385 Å². The van der Waals surface area contributed by atoms with Crippen LogP contribution in [0, 0.1) is 20.8 Å². The summed E-state index contributed by atoms with van der Waals surface area (Å²) in [6.45, 7) is 20.4. The lowest BCUT2D eigenvalue weighted by molar-refractivity contribution is 0.590. The summed E-state index contributed by atoms with van der Waals surface area (Å²) in [5.41, 5.74) is 25.2. The summed E-state index contributed by atoms with van der Waals surface area (Å²) in [6.07, 6.45) is 1.87. The van der Waals surface area contributed by atoms with E-state index in [1.54, 1.807) is 0 Å². The van der Waals surface area contributed by atoms with Gasteiger partial charge >= 0.3 is 6.85 Å². The molecule has 0 saturated heterocycles. The molecule has 0 spiro atoms. The summed E-state index contributed by atoms with van der Waals surface area (Å²) in [5, 5.41) is 1.09. The molecule has 65 heavy (non-hydrogen) atoms. The predicted molar refractivity (Wildman–Crippen MR) is 278 cm³/mol. The Morgan fingerprint density at radius 2 is 1.08 bits per heavy atom. The molecule has 9 aromatic rings. The van der Waals surface area contributed by atoms with Gasteiger partial charge in [-0.1, -0.05) is 150 Å². The van der Waals surface area contributed by atoms with E-state index < -0.39 is 0 Å². The minimum atomic E-state index is -0.158. The smallest absolute Gasteiger partial charge is 0.333 e. The van der Waals surface area contributed by atoms with Crippen molar-refractivity contribution in [3.8, 4) is 44.5 Å². The van der Waals surface area contributed by atoms with E-state index in [1.807, 2.05) is 6.26 Å². The highest BCUT2D eigenvalue weighted by molar-refractivity contribution is 6.94. The van der Waals surface area contributed by atoms with Gasteiger partial charge in [0, 0.05) is 45.0 Å². The van der Waals surface area contributed by atoms with Crippen molar-refractivity contribution in [2.45, 2.75) is 73.1 Å². The van der Waals surface area contributed by atoms with E-state index in [-0.39, 0.29) is 17.7 Å². The first-order chi connectivity index (χ1) is 31.2. The van der Waals surface area contributed by atoms with Crippen molar-refractivity contribution in [1.29, 1.82) is 0 Å². The third kappa shape index (κ3) is 6.81. The van der Waals surface area contributed by atoms with Gasteiger partial charge in [-0.2, -0.15) is 0 Å². The van der Waals surface area contributed by atoms with Crippen molar-refractivity contribution in [3.63, 3.8) is 0 Å². The van der Waals surface area contributed by atoms with E-state index in [2.05, 4.69) is 236 Å². The number of hydrogen-bond donors (Lipinski definition) is 0. The summed E-state index contributed by atoms with van der Waals surface area (Å²) in [6, 6.07) is 61.7. The van der Waals surface area contributed by atoms with E-state index in [1.165, 1.54) is 94.6 Å². The fraction of sp³-hybridized carbons (Fsp3) is 0.180. The first kappa shape index (κ1) is 40.7. The number of hydrogen-bond acceptors (Lipinski definition) is 3. The van der Waals surface area contributed by atoms with Crippen LogP contribution in [-0.2, 0) is 10.8 Å². The molecule has 3 nitrogen and oxygen atoms in total. The first-order valence-electron chi connectivity index (χ1n) is 23.1. The maximum Gasteiger partial charge on any atom is 0.333 e. The number of furan rings is 1. The molecule has 0 fully saturated rings. The number of benzene rings is 8. The topological polar surface area (TPSA) is 19.6 Å². The number of rotatable bonds is 5. The van der Waals surface area contributed by atoms with Crippen LogP contribution >= 0.6 is 0 Å². The third-order valence-corrected chi connectivity index (χ3v) is 13.9. The molecule has 2 aliphatic heterocycles. The molecule has 4 heteroatoms. The van der Waals surface area contributed by atoms with E-state index in [0.29, 0.717) is 0 Å². The minimum Gasteiger partial charge on any atom is -0.464 e. The van der Waals surface area contributed by atoms with Crippen LogP contribution in [-0.4, -0.2) is 6.85 Å². The molecule has 3 heterocycles. The number of nitrogens with zero attached hydrogens (tertiary/aromatic N) is 2. The monoisotopic (exact) mass is 842 g/mol. The molecule has 1 aromatic heterocycles. The number of aryl methyl sites for hydroxylation is 3. The molecule has 0 unspecified atom stereocenters.